The van der Waals surface area contributed by atoms with Gasteiger partial charge in [-0.25, -0.2) is 0 Å². The zero-order chi connectivity index (χ0) is 9.35. The van der Waals surface area contributed by atoms with Gasteiger partial charge in [0.1, 0.15) is 0 Å². The second-order valence-corrected chi connectivity index (χ2v) is 4.71. The summed E-state index contributed by atoms with van der Waals surface area (Å²) in [4.78, 5) is 0. The summed E-state index contributed by atoms with van der Waals surface area (Å²) in [5, 5.41) is 19.2. The maximum Gasteiger partial charge on any atom is 0.0619 e. The highest BCUT2D eigenvalue weighted by molar-refractivity contribution is 4.85. The number of aliphatic hydroxyl groups excluding tert-OH is 1. The summed E-state index contributed by atoms with van der Waals surface area (Å²) in [6.45, 7) is 5.78. The Kier molecular flexibility index (Phi) is 2.79. The van der Waals surface area contributed by atoms with Crippen molar-refractivity contribution in [2.75, 3.05) is 0 Å². The molecule has 72 valence electrons. The van der Waals surface area contributed by atoms with E-state index < -0.39 is 5.60 Å². The van der Waals surface area contributed by atoms with Gasteiger partial charge in [-0.05, 0) is 44.9 Å². The molecule has 0 saturated heterocycles. The van der Waals surface area contributed by atoms with Crippen molar-refractivity contribution in [2.45, 2.75) is 51.7 Å². The standard InChI is InChI=1S/C10H20O2/c1-7-6-8(10(2,3)12)4-5-9(7)11/h7-9,11-12H,4-6H2,1-3H3/t7-,8+,9-/m0/s1. The van der Waals surface area contributed by atoms with Crippen LogP contribution < -0.4 is 0 Å². The molecule has 0 unspecified atom stereocenters. The topological polar surface area (TPSA) is 40.5 Å². The highest BCUT2D eigenvalue weighted by Crippen LogP contribution is 2.35. The molecular weight excluding hydrogens is 152 g/mol. The fourth-order valence-corrected chi connectivity index (χ4v) is 2.02. The lowest BCUT2D eigenvalue weighted by Gasteiger charge is -2.37. The largest absolute Gasteiger partial charge is 0.393 e. The maximum absolute atomic E-state index is 9.76. The molecule has 0 aliphatic heterocycles. The fourth-order valence-electron chi connectivity index (χ4n) is 2.02. The van der Waals surface area contributed by atoms with Crippen molar-refractivity contribution >= 4 is 0 Å². The first-order valence-electron chi connectivity index (χ1n) is 4.81. The van der Waals surface area contributed by atoms with Gasteiger partial charge in [-0.3, -0.25) is 0 Å². The second-order valence-electron chi connectivity index (χ2n) is 4.71. The quantitative estimate of drug-likeness (QED) is 0.630. The van der Waals surface area contributed by atoms with E-state index in [9.17, 15) is 10.2 Å². The molecule has 0 bridgehead atoms. The Morgan fingerprint density at radius 2 is 1.83 bits per heavy atom. The Bertz CT molecular complexity index is 148. The molecule has 1 fully saturated rings. The van der Waals surface area contributed by atoms with Crippen molar-refractivity contribution in [2.24, 2.45) is 11.8 Å². The summed E-state index contributed by atoms with van der Waals surface area (Å²) in [6.07, 6.45) is 2.60. The van der Waals surface area contributed by atoms with Gasteiger partial charge in [0.25, 0.3) is 0 Å². The van der Waals surface area contributed by atoms with Crippen LogP contribution in [0.1, 0.15) is 40.0 Å². The second kappa shape index (κ2) is 3.35. The Morgan fingerprint density at radius 3 is 2.25 bits per heavy atom. The van der Waals surface area contributed by atoms with Gasteiger partial charge in [-0.1, -0.05) is 6.92 Å². The summed E-state index contributed by atoms with van der Waals surface area (Å²) in [5.74, 6) is 0.700. The molecule has 1 aliphatic rings. The lowest BCUT2D eigenvalue weighted by Crippen LogP contribution is -2.38. The Balaban J connectivity index is 2.51. The Labute approximate surface area is 74.6 Å². The van der Waals surface area contributed by atoms with Gasteiger partial charge >= 0.3 is 0 Å². The van der Waals surface area contributed by atoms with Gasteiger partial charge in [-0.2, -0.15) is 0 Å². The van der Waals surface area contributed by atoms with E-state index in [1.165, 1.54) is 0 Å². The van der Waals surface area contributed by atoms with Gasteiger partial charge in [0.15, 0.2) is 0 Å². The van der Waals surface area contributed by atoms with Crippen molar-refractivity contribution in [1.29, 1.82) is 0 Å². The summed E-state index contributed by atoms with van der Waals surface area (Å²) in [7, 11) is 0. The zero-order valence-electron chi connectivity index (χ0n) is 8.25. The van der Waals surface area contributed by atoms with Gasteiger partial charge < -0.3 is 10.2 Å². The van der Waals surface area contributed by atoms with Crippen molar-refractivity contribution < 1.29 is 10.2 Å². The Hall–Kier alpha value is -0.0800. The van der Waals surface area contributed by atoms with Gasteiger partial charge in [-0.15, -0.1) is 0 Å². The van der Waals surface area contributed by atoms with E-state index in [0.29, 0.717) is 11.8 Å². The summed E-state index contributed by atoms with van der Waals surface area (Å²) in [6, 6.07) is 0. The van der Waals surface area contributed by atoms with E-state index in [1.54, 1.807) is 0 Å². The number of rotatable bonds is 1. The van der Waals surface area contributed by atoms with Crippen LogP contribution in [-0.4, -0.2) is 21.9 Å². The average Bonchev–Trinajstić information content (AvgIpc) is 1.92. The fraction of sp³-hybridized carbons (Fsp3) is 1.00. The molecule has 2 heteroatoms. The third kappa shape index (κ3) is 2.20. The first-order valence-corrected chi connectivity index (χ1v) is 4.81. The third-order valence-corrected chi connectivity index (χ3v) is 3.12. The third-order valence-electron chi connectivity index (χ3n) is 3.12. The Morgan fingerprint density at radius 1 is 1.25 bits per heavy atom. The number of hydrogen-bond donors (Lipinski definition) is 2. The highest BCUT2D eigenvalue weighted by Gasteiger charge is 2.34. The minimum absolute atomic E-state index is 0.149. The van der Waals surface area contributed by atoms with Crippen LogP contribution in [0.5, 0.6) is 0 Å². The minimum atomic E-state index is -0.575. The van der Waals surface area contributed by atoms with Crippen molar-refractivity contribution in [3.63, 3.8) is 0 Å². The summed E-state index contributed by atoms with van der Waals surface area (Å²) < 4.78 is 0. The van der Waals surface area contributed by atoms with Crippen molar-refractivity contribution in [3.05, 3.63) is 0 Å². The highest BCUT2D eigenvalue weighted by atomic mass is 16.3. The van der Waals surface area contributed by atoms with E-state index in [1.807, 2.05) is 13.8 Å². The average molecular weight is 172 g/mol. The van der Waals surface area contributed by atoms with Crippen LogP contribution in [-0.2, 0) is 0 Å². The van der Waals surface area contributed by atoms with Crippen LogP contribution >= 0.6 is 0 Å². The van der Waals surface area contributed by atoms with Crippen LogP contribution in [0.3, 0.4) is 0 Å². The molecule has 2 N–H and O–H groups in total. The molecule has 0 spiro atoms. The normalized spacial score (nSPS) is 38.2. The molecular formula is C10H20O2. The zero-order valence-corrected chi connectivity index (χ0v) is 8.25. The summed E-state index contributed by atoms with van der Waals surface area (Å²) in [5.41, 5.74) is -0.575. The molecule has 0 aromatic heterocycles. The SMILES string of the molecule is C[C@H]1C[C@H](C(C)(C)O)CC[C@@H]1O. The smallest absolute Gasteiger partial charge is 0.0619 e. The predicted molar refractivity (Wildman–Crippen MR) is 48.8 cm³/mol. The molecule has 3 atom stereocenters. The first kappa shape index (κ1) is 10.0. The summed E-state index contributed by atoms with van der Waals surface area (Å²) >= 11 is 0. The molecule has 1 rings (SSSR count). The van der Waals surface area contributed by atoms with E-state index >= 15 is 0 Å². The molecule has 0 heterocycles. The van der Waals surface area contributed by atoms with E-state index in [4.69, 9.17) is 0 Å². The molecule has 2 nitrogen and oxygen atoms in total. The van der Waals surface area contributed by atoms with Crippen molar-refractivity contribution in [3.8, 4) is 0 Å². The molecule has 0 radical (unpaired) electrons. The van der Waals surface area contributed by atoms with Crippen LogP contribution in [0.4, 0.5) is 0 Å². The first-order chi connectivity index (χ1) is 5.41. The van der Waals surface area contributed by atoms with Gasteiger partial charge in [0.2, 0.25) is 0 Å². The number of hydrogen-bond acceptors (Lipinski definition) is 2. The minimum Gasteiger partial charge on any atom is -0.393 e. The van der Waals surface area contributed by atoms with E-state index in [0.717, 1.165) is 19.3 Å². The van der Waals surface area contributed by atoms with Crippen molar-refractivity contribution in [1.82, 2.24) is 0 Å². The lowest BCUT2D eigenvalue weighted by atomic mass is 9.73. The monoisotopic (exact) mass is 172 g/mol. The van der Waals surface area contributed by atoms with Crippen LogP contribution in [0.2, 0.25) is 0 Å². The molecule has 1 saturated carbocycles. The van der Waals surface area contributed by atoms with Gasteiger partial charge in [0, 0.05) is 0 Å². The van der Waals surface area contributed by atoms with Gasteiger partial charge in [0.05, 0.1) is 11.7 Å². The number of aliphatic hydroxyl groups is 2. The van der Waals surface area contributed by atoms with Crippen LogP contribution in [0.25, 0.3) is 0 Å². The molecule has 0 amide bonds. The lowest BCUT2D eigenvalue weighted by molar-refractivity contribution is -0.0383. The molecule has 0 aromatic rings. The molecule has 12 heavy (non-hydrogen) atoms. The van der Waals surface area contributed by atoms with E-state index in [-0.39, 0.29) is 6.10 Å². The molecule has 0 aromatic carbocycles. The van der Waals surface area contributed by atoms with E-state index in [2.05, 4.69) is 6.92 Å². The predicted octanol–water partition coefficient (Wildman–Crippen LogP) is 1.55. The van der Waals surface area contributed by atoms with Crippen LogP contribution in [0.15, 0.2) is 0 Å². The maximum atomic E-state index is 9.76. The van der Waals surface area contributed by atoms with Crippen LogP contribution in [0, 0.1) is 11.8 Å². The molecule has 1 aliphatic carbocycles.